The number of ether oxygens (including phenoxy) is 1. The van der Waals surface area contributed by atoms with E-state index in [0.717, 1.165) is 14.7 Å². The summed E-state index contributed by atoms with van der Waals surface area (Å²) in [5, 5.41) is 10.2. The number of aliphatic hydroxyl groups is 1. The summed E-state index contributed by atoms with van der Waals surface area (Å²) in [6, 6.07) is 9.77. The summed E-state index contributed by atoms with van der Waals surface area (Å²) < 4.78 is 6.55. The molecular formula is C18H21IO3. The third-order valence-corrected chi connectivity index (χ3v) is 5.64. The van der Waals surface area contributed by atoms with Crippen LogP contribution in [0.4, 0.5) is 0 Å². The highest BCUT2D eigenvalue weighted by molar-refractivity contribution is 14.1. The lowest BCUT2D eigenvalue weighted by atomic mass is 9.82. The van der Waals surface area contributed by atoms with Crippen molar-refractivity contribution in [3.8, 4) is 0 Å². The summed E-state index contributed by atoms with van der Waals surface area (Å²) in [7, 11) is 0. The summed E-state index contributed by atoms with van der Waals surface area (Å²) in [5.74, 6) is -0.295. The van der Waals surface area contributed by atoms with Gasteiger partial charge in [0.1, 0.15) is 0 Å². The van der Waals surface area contributed by atoms with Crippen molar-refractivity contribution in [2.24, 2.45) is 0 Å². The lowest BCUT2D eigenvalue weighted by molar-refractivity contribution is -0.147. The first-order valence-electron chi connectivity index (χ1n) is 7.32. The van der Waals surface area contributed by atoms with Crippen molar-refractivity contribution in [3.05, 3.63) is 56.7 Å². The average molecular weight is 412 g/mol. The Morgan fingerprint density at radius 2 is 1.95 bits per heavy atom. The summed E-state index contributed by atoms with van der Waals surface area (Å²) >= 11 is 2.12. The maximum Gasteiger partial charge on any atom is 0.335 e. The minimum atomic E-state index is -0.949. The van der Waals surface area contributed by atoms with Crippen LogP contribution >= 0.6 is 22.6 Å². The van der Waals surface area contributed by atoms with Crippen molar-refractivity contribution in [2.45, 2.75) is 45.3 Å². The van der Waals surface area contributed by atoms with Gasteiger partial charge in [0.25, 0.3) is 0 Å². The van der Waals surface area contributed by atoms with Crippen molar-refractivity contribution in [1.82, 2.24) is 0 Å². The van der Waals surface area contributed by atoms with Crippen LogP contribution in [-0.4, -0.2) is 16.7 Å². The summed E-state index contributed by atoms with van der Waals surface area (Å²) in [6.07, 6.45) is 2.53. The van der Waals surface area contributed by atoms with Gasteiger partial charge in [0, 0.05) is 20.3 Å². The number of cyclic esters (lactones) is 1. The molecule has 0 spiro atoms. The van der Waals surface area contributed by atoms with Gasteiger partial charge in [-0.2, -0.15) is 0 Å². The van der Waals surface area contributed by atoms with Gasteiger partial charge in [0.05, 0.1) is 5.60 Å². The van der Waals surface area contributed by atoms with Gasteiger partial charge in [-0.05, 0) is 55.9 Å². The molecule has 1 aromatic carbocycles. The topological polar surface area (TPSA) is 46.5 Å². The number of halogens is 1. The van der Waals surface area contributed by atoms with Gasteiger partial charge in [-0.1, -0.05) is 37.3 Å². The summed E-state index contributed by atoms with van der Waals surface area (Å²) in [6.45, 7) is 7.25. The first kappa shape index (κ1) is 17.2. The van der Waals surface area contributed by atoms with E-state index in [1.165, 1.54) is 0 Å². The van der Waals surface area contributed by atoms with E-state index in [-0.39, 0.29) is 5.97 Å². The quantitative estimate of drug-likeness (QED) is 0.594. The minimum Gasteiger partial charge on any atom is -0.446 e. The fraction of sp³-hybridized carbons (Fsp3) is 0.389. The van der Waals surface area contributed by atoms with Crippen LogP contribution in [0.3, 0.4) is 0 Å². The number of hydrogen-bond donors (Lipinski definition) is 1. The van der Waals surface area contributed by atoms with Crippen molar-refractivity contribution in [1.29, 1.82) is 0 Å². The molecule has 1 aliphatic heterocycles. The zero-order chi connectivity index (χ0) is 16.5. The molecule has 0 aliphatic carbocycles. The lowest BCUT2D eigenvalue weighted by Crippen LogP contribution is -2.28. The fourth-order valence-electron chi connectivity index (χ4n) is 2.62. The highest BCUT2D eigenvalue weighted by Gasteiger charge is 2.45. The number of benzene rings is 1. The molecule has 1 heterocycles. The molecule has 4 heteroatoms. The maximum absolute atomic E-state index is 12.2. The first-order chi connectivity index (χ1) is 10.2. The third kappa shape index (κ3) is 2.99. The molecule has 1 aromatic rings. The highest BCUT2D eigenvalue weighted by Crippen LogP contribution is 2.46. The van der Waals surface area contributed by atoms with E-state index >= 15 is 0 Å². The number of hydrogen-bond acceptors (Lipinski definition) is 3. The lowest BCUT2D eigenvalue weighted by Gasteiger charge is -2.30. The SMILES string of the molecule is CCC1(c2ccccc2)OC(=O)C(C)=C1/C=C(\I)C(C)(C)O. The Morgan fingerprint density at radius 3 is 2.45 bits per heavy atom. The van der Waals surface area contributed by atoms with Gasteiger partial charge in [-0.15, -0.1) is 0 Å². The van der Waals surface area contributed by atoms with Crippen LogP contribution in [-0.2, 0) is 15.1 Å². The molecule has 0 fully saturated rings. The molecule has 1 aliphatic rings. The molecule has 0 amide bonds. The number of carbonyl (C=O) groups is 1. The standard InChI is InChI=1S/C18H21IO3/c1-5-18(13-9-7-6-8-10-13)14(12(2)16(20)22-18)11-15(19)17(3,4)21/h6-11,21H,5H2,1-4H3/b15-11-. The normalized spacial score (nSPS) is 23.0. The van der Waals surface area contributed by atoms with Crippen molar-refractivity contribution >= 4 is 28.6 Å². The Bertz CT molecular complexity index is 638. The molecule has 1 atom stereocenters. The van der Waals surface area contributed by atoms with Crippen LogP contribution in [0.15, 0.2) is 51.1 Å². The van der Waals surface area contributed by atoms with E-state index in [9.17, 15) is 9.90 Å². The highest BCUT2D eigenvalue weighted by atomic mass is 127. The smallest absolute Gasteiger partial charge is 0.335 e. The van der Waals surface area contributed by atoms with Crippen LogP contribution in [0.1, 0.15) is 39.7 Å². The molecule has 0 radical (unpaired) electrons. The molecule has 0 bridgehead atoms. The van der Waals surface area contributed by atoms with Gasteiger partial charge in [0.15, 0.2) is 5.60 Å². The second-order valence-corrected chi connectivity index (χ2v) is 7.19. The Hall–Kier alpha value is -1.14. The zero-order valence-corrected chi connectivity index (χ0v) is 15.5. The Balaban J connectivity index is 2.63. The van der Waals surface area contributed by atoms with Crippen LogP contribution in [0, 0.1) is 0 Å². The van der Waals surface area contributed by atoms with E-state index in [2.05, 4.69) is 22.6 Å². The maximum atomic E-state index is 12.2. The Morgan fingerprint density at radius 1 is 1.36 bits per heavy atom. The fourth-order valence-corrected chi connectivity index (χ4v) is 2.93. The van der Waals surface area contributed by atoms with Crippen LogP contribution in [0.25, 0.3) is 0 Å². The Labute approximate surface area is 145 Å². The molecule has 1 unspecified atom stereocenters. The van der Waals surface area contributed by atoms with Crippen LogP contribution < -0.4 is 0 Å². The predicted octanol–water partition coefficient (Wildman–Crippen LogP) is 4.26. The van der Waals surface area contributed by atoms with Crippen molar-refractivity contribution in [2.75, 3.05) is 0 Å². The van der Waals surface area contributed by atoms with Gasteiger partial charge in [-0.3, -0.25) is 0 Å². The van der Waals surface area contributed by atoms with Crippen LogP contribution in [0.5, 0.6) is 0 Å². The molecule has 118 valence electrons. The van der Waals surface area contributed by atoms with E-state index in [1.54, 1.807) is 20.8 Å². The largest absolute Gasteiger partial charge is 0.446 e. The molecule has 3 nitrogen and oxygen atoms in total. The molecular weight excluding hydrogens is 391 g/mol. The molecule has 1 N–H and O–H groups in total. The summed E-state index contributed by atoms with van der Waals surface area (Å²) in [4.78, 5) is 12.2. The second kappa shape index (κ2) is 6.16. The average Bonchev–Trinajstić information content (AvgIpc) is 2.72. The third-order valence-electron chi connectivity index (χ3n) is 4.01. The van der Waals surface area contributed by atoms with E-state index < -0.39 is 11.2 Å². The van der Waals surface area contributed by atoms with Crippen molar-refractivity contribution in [3.63, 3.8) is 0 Å². The molecule has 0 saturated carbocycles. The van der Waals surface area contributed by atoms with E-state index in [4.69, 9.17) is 4.74 Å². The number of carbonyl (C=O) groups excluding carboxylic acids is 1. The van der Waals surface area contributed by atoms with Gasteiger partial charge in [-0.25, -0.2) is 4.79 Å². The predicted molar refractivity (Wildman–Crippen MR) is 95.6 cm³/mol. The minimum absolute atomic E-state index is 0.295. The van der Waals surface area contributed by atoms with Gasteiger partial charge < -0.3 is 9.84 Å². The zero-order valence-electron chi connectivity index (χ0n) is 13.3. The van der Waals surface area contributed by atoms with E-state index in [1.807, 2.05) is 43.3 Å². The van der Waals surface area contributed by atoms with Gasteiger partial charge >= 0.3 is 5.97 Å². The van der Waals surface area contributed by atoms with Crippen LogP contribution in [0.2, 0.25) is 0 Å². The molecule has 2 rings (SSSR count). The van der Waals surface area contributed by atoms with Crippen molar-refractivity contribution < 1.29 is 14.6 Å². The second-order valence-electron chi connectivity index (χ2n) is 6.03. The number of rotatable bonds is 4. The molecule has 22 heavy (non-hydrogen) atoms. The van der Waals surface area contributed by atoms with Gasteiger partial charge in [0.2, 0.25) is 0 Å². The Kier molecular flexibility index (Phi) is 4.82. The monoisotopic (exact) mass is 412 g/mol. The summed E-state index contributed by atoms with van der Waals surface area (Å²) in [5.41, 5.74) is 0.662. The number of esters is 1. The molecule has 0 saturated heterocycles. The van der Waals surface area contributed by atoms with E-state index in [0.29, 0.717) is 12.0 Å². The first-order valence-corrected chi connectivity index (χ1v) is 8.40. The molecule has 0 aromatic heterocycles.